The Morgan fingerprint density at radius 1 is 1.18 bits per heavy atom. The number of carbonyl (C=O) groups excluding carboxylic acids is 3. The van der Waals surface area contributed by atoms with E-state index < -0.39 is 23.3 Å². The zero-order valence-corrected chi connectivity index (χ0v) is 10.8. The van der Waals surface area contributed by atoms with E-state index in [0.717, 1.165) is 0 Å². The Labute approximate surface area is 101 Å². The largest absolute Gasteiger partial charge is 0.468 e. The Bertz CT molecular complexity index is 358. The van der Waals surface area contributed by atoms with E-state index in [2.05, 4.69) is 16.1 Å². The van der Waals surface area contributed by atoms with Crippen molar-refractivity contribution in [2.45, 2.75) is 20.8 Å². The van der Waals surface area contributed by atoms with Crippen LogP contribution < -0.4 is 0 Å². The first-order chi connectivity index (χ1) is 7.73. The van der Waals surface area contributed by atoms with Crippen LogP contribution in [0.5, 0.6) is 0 Å². The molecule has 17 heavy (non-hydrogen) atoms. The highest BCUT2D eigenvalue weighted by molar-refractivity contribution is 6.04. The molecule has 2 unspecified atom stereocenters. The topological polar surface area (TPSA) is 69.7 Å². The lowest BCUT2D eigenvalue weighted by Gasteiger charge is -2.30. The molecule has 0 rings (SSSR count). The maximum absolute atomic E-state index is 11.7. The fourth-order valence-corrected chi connectivity index (χ4v) is 1.49. The lowest BCUT2D eigenvalue weighted by atomic mass is 9.72. The molecule has 0 aliphatic carbocycles. The first-order valence-electron chi connectivity index (χ1n) is 5.10. The number of carbonyl (C=O) groups is 3. The summed E-state index contributed by atoms with van der Waals surface area (Å²) in [6.07, 6.45) is 0. The number of rotatable bonds is 5. The molecule has 0 aromatic heterocycles. The van der Waals surface area contributed by atoms with Gasteiger partial charge in [0, 0.05) is 11.5 Å². The third-order valence-corrected chi connectivity index (χ3v) is 3.18. The second-order valence-electron chi connectivity index (χ2n) is 3.99. The molecule has 0 aromatic carbocycles. The van der Waals surface area contributed by atoms with Gasteiger partial charge in [-0.15, -0.1) is 0 Å². The molecule has 0 bridgehead atoms. The molecule has 0 saturated heterocycles. The minimum absolute atomic E-state index is 0.0654. The molecule has 0 heterocycles. The van der Waals surface area contributed by atoms with E-state index in [1.54, 1.807) is 6.92 Å². The van der Waals surface area contributed by atoms with Gasteiger partial charge in [-0.05, 0) is 13.8 Å². The second kappa shape index (κ2) is 5.61. The van der Waals surface area contributed by atoms with Crippen molar-refractivity contribution in [2.24, 2.45) is 11.3 Å². The van der Waals surface area contributed by atoms with Crippen LogP contribution in [-0.4, -0.2) is 31.9 Å². The maximum Gasteiger partial charge on any atom is 0.333 e. The number of esters is 2. The van der Waals surface area contributed by atoms with E-state index in [1.165, 1.54) is 28.1 Å². The number of methoxy groups -OCH3 is 2. The van der Waals surface area contributed by atoms with Crippen molar-refractivity contribution in [1.29, 1.82) is 0 Å². The van der Waals surface area contributed by atoms with Gasteiger partial charge in [0.05, 0.1) is 14.2 Å². The minimum atomic E-state index is -1.43. The Morgan fingerprint density at radius 2 is 1.65 bits per heavy atom. The summed E-state index contributed by atoms with van der Waals surface area (Å²) in [5, 5.41) is 0. The third kappa shape index (κ3) is 2.72. The van der Waals surface area contributed by atoms with Crippen LogP contribution in [0.4, 0.5) is 0 Å². The van der Waals surface area contributed by atoms with E-state index in [0.29, 0.717) is 0 Å². The zero-order chi connectivity index (χ0) is 13.8. The highest BCUT2D eigenvalue weighted by Gasteiger charge is 2.47. The molecule has 0 aliphatic heterocycles. The fourth-order valence-electron chi connectivity index (χ4n) is 1.49. The van der Waals surface area contributed by atoms with E-state index in [9.17, 15) is 14.4 Å². The fraction of sp³-hybridized carbons (Fsp3) is 0.583. The molecular formula is C12H18O5. The average molecular weight is 242 g/mol. The summed E-state index contributed by atoms with van der Waals surface area (Å²) in [5.74, 6) is -2.42. The van der Waals surface area contributed by atoms with Crippen molar-refractivity contribution in [1.82, 2.24) is 0 Å². The lowest BCUT2D eigenvalue weighted by molar-refractivity contribution is -0.159. The molecule has 5 nitrogen and oxygen atoms in total. The minimum Gasteiger partial charge on any atom is -0.468 e. The summed E-state index contributed by atoms with van der Waals surface area (Å²) >= 11 is 0. The van der Waals surface area contributed by atoms with Crippen LogP contribution in [0.15, 0.2) is 12.2 Å². The van der Waals surface area contributed by atoms with Crippen LogP contribution in [-0.2, 0) is 23.9 Å². The van der Waals surface area contributed by atoms with Gasteiger partial charge in [0.2, 0.25) is 0 Å². The number of hydrogen-bond donors (Lipinski definition) is 0. The smallest absolute Gasteiger partial charge is 0.333 e. The van der Waals surface area contributed by atoms with Gasteiger partial charge >= 0.3 is 11.9 Å². The van der Waals surface area contributed by atoms with E-state index in [1.807, 2.05) is 0 Å². The Kier molecular flexibility index (Phi) is 5.07. The maximum atomic E-state index is 11.7. The predicted octanol–water partition coefficient (Wildman–Crippen LogP) is 1.12. The molecular weight excluding hydrogens is 224 g/mol. The number of ether oxygens (including phenoxy) is 2. The lowest BCUT2D eigenvalue weighted by Crippen LogP contribution is -2.43. The number of Topliss-reactive ketones (excluding diaryl/α,β-unsaturated/α-hetero) is 1. The van der Waals surface area contributed by atoms with Crippen molar-refractivity contribution < 1.29 is 23.9 Å². The van der Waals surface area contributed by atoms with Crippen molar-refractivity contribution in [2.75, 3.05) is 14.2 Å². The van der Waals surface area contributed by atoms with Crippen molar-refractivity contribution in [3.05, 3.63) is 12.2 Å². The molecule has 5 heteroatoms. The van der Waals surface area contributed by atoms with E-state index in [4.69, 9.17) is 0 Å². The summed E-state index contributed by atoms with van der Waals surface area (Å²) in [6.45, 7) is 7.83. The van der Waals surface area contributed by atoms with Gasteiger partial charge in [0.1, 0.15) is 11.2 Å². The third-order valence-electron chi connectivity index (χ3n) is 3.18. The summed E-state index contributed by atoms with van der Waals surface area (Å²) < 4.78 is 9.13. The molecule has 96 valence electrons. The molecule has 2 atom stereocenters. The van der Waals surface area contributed by atoms with Crippen molar-refractivity contribution in [3.8, 4) is 0 Å². The second-order valence-corrected chi connectivity index (χ2v) is 3.99. The molecule has 0 amide bonds. The number of hydrogen-bond acceptors (Lipinski definition) is 5. The van der Waals surface area contributed by atoms with Crippen LogP contribution >= 0.6 is 0 Å². The summed E-state index contributed by atoms with van der Waals surface area (Å²) in [5.41, 5.74) is -1.37. The Balaban J connectivity index is 5.36. The normalized spacial score (nSPS) is 15.4. The predicted molar refractivity (Wildman–Crippen MR) is 61.1 cm³/mol. The van der Waals surface area contributed by atoms with Crippen LogP contribution in [0.2, 0.25) is 0 Å². The Hall–Kier alpha value is -1.65. The van der Waals surface area contributed by atoms with Crippen molar-refractivity contribution in [3.63, 3.8) is 0 Å². The average Bonchev–Trinajstić information content (AvgIpc) is 2.33. The SMILES string of the molecule is C=C(C(=O)OC)C(C)C(C)(C(C)=O)C(=O)OC. The summed E-state index contributed by atoms with van der Waals surface area (Å²) in [6, 6.07) is 0. The summed E-state index contributed by atoms with van der Waals surface area (Å²) in [7, 11) is 2.40. The molecule has 0 radical (unpaired) electrons. The van der Waals surface area contributed by atoms with Gasteiger partial charge in [-0.3, -0.25) is 9.59 Å². The van der Waals surface area contributed by atoms with Gasteiger partial charge < -0.3 is 9.47 Å². The van der Waals surface area contributed by atoms with Crippen LogP contribution in [0.3, 0.4) is 0 Å². The van der Waals surface area contributed by atoms with Crippen LogP contribution in [0.1, 0.15) is 20.8 Å². The molecule has 0 fully saturated rings. The van der Waals surface area contributed by atoms with Gasteiger partial charge in [-0.1, -0.05) is 13.5 Å². The van der Waals surface area contributed by atoms with E-state index >= 15 is 0 Å². The van der Waals surface area contributed by atoms with Crippen LogP contribution in [0, 0.1) is 11.3 Å². The van der Waals surface area contributed by atoms with Crippen molar-refractivity contribution >= 4 is 17.7 Å². The van der Waals surface area contributed by atoms with Gasteiger partial charge in [-0.2, -0.15) is 0 Å². The van der Waals surface area contributed by atoms with Gasteiger partial charge in [-0.25, -0.2) is 4.79 Å². The molecule has 0 N–H and O–H groups in total. The Morgan fingerprint density at radius 3 is 1.94 bits per heavy atom. The summed E-state index contributed by atoms with van der Waals surface area (Å²) in [4.78, 5) is 34.7. The molecule has 0 aromatic rings. The van der Waals surface area contributed by atoms with Gasteiger partial charge in [0.25, 0.3) is 0 Å². The van der Waals surface area contributed by atoms with Crippen LogP contribution in [0.25, 0.3) is 0 Å². The molecule has 0 spiro atoms. The highest BCUT2D eigenvalue weighted by Crippen LogP contribution is 2.34. The van der Waals surface area contributed by atoms with E-state index in [-0.39, 0.29) is 11.4 Å². The number of ketones is 1. The zero-order valence-electron chi connectivity index (χ0n) is 10.8. The monoisotopic (exact) mass is 242 g/mol. The highest BCUT2D eigenvalue weighted by atomic mass is 16.5. The molecule has 0 aliphatic rings. The van der Waals surface area contributed by atoms with Gasteiger partial charge in [0.15, 0.2) is 0 Å². The standard InChI is InChI=1S/C12H18O5/c1-7(10(14)16-5)8(2)12(4,9(3)13)11(15)17-6/h8H,1H2,2-6H3. The molecule has 0 saturated carbocycles. The first-order valence-corrected chi connectivity index (χ1v) is 5.10. The first kappa shape index (κ1) is 15.3. The quantitative estimate of drug-likeness (QED) is 0.410.